The van der Waals surface area contributed by atoms with Gasteiger partial charge in [-0.05, 0) is 18.2 Å². The molecule has 1 saturated heterocycles. The number of ether oxygens (including phenoxy) is 3. The van der Waals surface area contributed by atoms with Crippen LogP contribution in [0.4, 0.5) is 0 Å². The van der Waals surface area contributed by atoms with Crippen LogP contribution in [-0.4, -0.2) is 56.8 Å². The molecule has 6 nitrogen and oxygen atoms in total. The molecule has 0 spiro atoms. The number of carbonyl (C=O) groups excluding carboxylic acids is 2. The summed E-state index contributed by atoms with van der Waals surface area (Å²) >= 11 is 0. The van der Waals surface area contributed by atoms with E-state index in [0.29, 0.717) is 24.3 Å². The van der Waals surface area contributed by atoms with E-state index in [1.165, 1.54) is 19.1 Å². The van der Waals surface area contributed by atoms with Crippen molar-refractivity contribution in [3.05, 3.63) is 29.8 Å². The first kappa shape index (κ1) is 15.3. The van der Waals surface area contributed by atoms with Crippen LogP contribution in [0.5, 0.6) is 5.75 Å². The van der Waals surface area contributed by atoms with E-state index in [0.717, 1.165) is 0 Å². The maximum atomic E-state index is 12.6. The molecule has 1 fully saturated rings. The summed E-state index contributed by atoms with van der Waals surface area (Å²) in [5.41, 5.74) is 0.472. The first-order valence-corrected chi connectivity index (χ1v) is 6.66. The van der Waals surface area contributed by atoms with Crippen molar-refractivity contribution in [2.75, 3.05) is 27.9 Å². The van der Waals surface area contributed by atoms with E-state index in [9.17, 15) is 9.59 Å². The summed E-state index contributed by atoms with van der Waals surface area (Å²) in [4.78, 5) is 26.0. The van der Waals surface area contributed by atoms with E-state index in [1.807, 2.05) is 0 Å². The lowest BCUT2D eigenvalue weighted by atomic mass is 10.1. The molecule has 0 bridgehead atoms. The highest BCUT2D eigenvalue weighted by molar-refractivity contribution is 5.97. The van der Waals surface area contributed by atoms with Gasteiger partial charge in [0.2, 0.25) is 0 Å². The molecule has 0 N–H and O–H groups in total. The van der Waals surface area contributed by atoms with Crippen molar-refractivity contribution in [2.45, 2.75) is 18.6 Å². The van der Waals surface area contributed by atoms with E-state index >= 15 is 0 Å². The molecule has 0 radical (unpaired) electrons. The predicted octanol–water partition coefficient (Wildman–Crippen LogP) is 1.10. The van der Waals surface area contributed by atoms with Crippen LogP contribution in [0.25, 0.3) is 0 Å². The van der Waals surface area contributed by atoms with Crippen LogP contribution in [0.3, 0.4) is 0 Å². The van der Waals surface area contributed by atoms with Crippen LogP contribution < -0.4 is 4.74 Å². The van der Waals surface area contributed by atoms with Gasteiger partial charge in [0.25, 0.3) is 5.91 Å². The number of esters is 1. The van der Waals surface area contributed by atoms with Gasteiger partial charge < -0.3 is 19.1 Å². The van der Waals surface area contributed by atoms with Gasteiger partial charge in [0, 0.05) is 25.6 Å². The minimum absolute atomic E-state index is 0.163. The molecular weight excluding hydrogens is 274 g/mol. The standard InChI is InChI=1S/C15H19NO5/c1-19-11-6-4-5-10(7-11)14(17)16-9-12(20-2)8-13(16)15(18)21-3/h4-7,12-13H,8-9H2,1-3H3/t12-,13+/m0/s1. The van der Waals surface area contributed by atoms with E-state index in [-0.39, 0.29) is 12.0 Å². The Morgan fingerprint density at radius 3 is 2.62 bits per heavy atom. The van der Waals surface area contributed by atoms with Gasteiger partial charge in [-0.2, -0.15) is 0 Å². The fourth-order valence-corrected chi connectivity index (χ4v) is 2.47. The highest BCUT2D eigenvalue weighted by Crippen LogP contribution is 2.24. The number of benzene rings is 1. The van der Waals surface area contributed by atoms with Gasteiger partial charge in [-0.1, -0.05) is 6.07 Å². The van der Waals surface area contributed by atoms with Crippen molar-refractivity contribution >= 4 is 11.9 Å². The molecule has 0 aliphatic carbocycles. The second-order valence-electron chi connectivity index (χ2n) is 4.82. The van der Waals surface area contributed by atoms with Gasteiger partial charge >= 0.3 is 5.97 Å². The number of hydrogen-bond acceptors (Lipinski definition) is 5. The van der Waals surface area contributed by atoms with Crippen LogP contribution in [-0.2, 0) is 14.3 Å². The smallest absolute Gasteiger partial charge is 0.328 e. The van der Waals surface area contributed by atoms with Crippen molar-refractivity contribution in [3.63, 3.8) is 0 Å². The lowest BCUT2D eigenvalue weighted by Crippen LogP contribution is -2.41. The van der Waals surface area contributed by atoms with E-state index in [4.69, 9.17) is 14.2 Å². The van der Waals surface area contributed by atoms with Gasteiger partial charge in [0.15, 0.2) is 0 Å². The number of likely N-dealkylation sites (tertiary alicyclic amines) is 1. The van der Waals surface area contributed by atoms with Crippen molar-refractivity contribution in [3.8, 4) is 5.75 Å². The minimum Gasteiger partial charge on any atom is -0.497 e. The maximum Gasteiger partial charge on any atom is 0.328 e. The molecule has 1 aliphatic rings. The third-order valence-corrected chi connectivity index (χ3v) is 3.65. The molecule has 1 aromatic rings. The van der Waals surface area contributed by atoms with Crippen LogP contribution in [0, 0.1) is 0 Å². The Kier molecular flexibility index (Phi) is 4.80. The Morgan fingerprint density at radius 1 is 1.24 bits per heavy atom. The average Bonchev–Trinajstić information content (AvgIpc) is 2.97. The zero-order chi connectivity index (χ0) is 15.4. The van der Waals surface area contributed by atoms with Gasteiger partial charge in [-0.25, -0.2) is 4.79 Å². The summed E-state index contributed by atoms with van der Waals surface area (Å²) in [5.74, 6) is -0.0624. The highest BCUT2D eigenvalue weighted by atomic mass is 16.5. The lowest BCUT2D eigenvalue weighted by Gasteiger charge is -2.22. The summed E-state index contributed by atoms with van der Waals surface area (Å²) in [5, 5.41) is 0. The van der Waals surface area contributed by atoms with Crippen LogP contribution in [0.2, 0.25) is 0 Å². The minimum atomic E-state index is -0.612. The van der Waals surface area contributed by atoms with E-state index in [2.05, 4.69) is 0 Å². The normalized spacial score (nSPS) is 21.2. The number of amides is 1. The van der Waals surface area contributed by atoms with Crippen molar-refractivity contribution < 1.29 is 23.8 Å². The molecule has 1 amide bonds. The Hall–Kier alpha value is -2.08. The third-order valence-electron chi connectivity index (χ3n) is 3.65. The summed E-state index contributed by atoms with van der Waals surface area (Å²) in [6.07, 6.45) is 0.280. The zero-order valence-electron chi connectivity index (χ0n) is 12.4. The zero-order valence-corrected chi connectivity index (χ0v) is 12.4. The predicted molar refractivity (Wildman–Crippen MR) is 75.2 cm³/mol. The second kappa shape index (κ2) is 6.58. The van der Waals surface area contributed by atoms with Crippen LogP contribution >= 0.6 is 0 Å². The fraction of sp³-hybridized carbons (Fsp3) is 0.467. The molecule has 1 aromatic carbocycles. The number of methoxy groups -OCH3 is 3. The highest BCUT2D eigenvalue weighted by Gasteiger charge is 2.40. The summed E-state index contributed by atoms with van der Waals surface area (Å²) in [6.45, 7) is 0.367. The third kappa shape index (κ3) is 3.16. The molecule has 114 valence electrons. The maximum absolute atomic E-state index is 12.6. The Morgan fingerprint density at radius 2 is 2.00 bits per heavy atom. The number of carbonyl (C=O) groups is 2. The molecule has 0 unspecified atom stereocenters. The molecular formula is C15H19NO5. The monoisotopic (exact) mass is 293 g/mol. The molecule has 1 aliphatic heterocycles. The van der Waals surface area contributed by atoms with Gasteiger partial charge in [0.05, 0.1) is 20.3 Å². The summed E-state index contributed by atoms with van der Waals surface area (Å²) < 4.78 is 15.2. The summed E-state index contributed by atoms with van der Waals surface area (Å²) in [7, 11) is 4.42. The number of nitrogens with zero attached hydrogens (tertiary/aromatic N) is 1. The Bertz CT molecular complexity index is 531. The molecule has 21 heavy (non-hydrogen) atoms. The first-order chi connectivity index (χ1) is 10.1. The SMILES string of the molecule is COC(=O)[C@H]1C[C@H](OC)CN1C(=O)c1cccc(OC)c1. The van der Waals surface area contributed by atoms with E-state index in [1.54, 1.807) is 31.4 Å². The molecule has 6 heteroatoms. The Labute approximate surface area is 123 Å². The number of hydrogen-bond donors (Lipinski definition) is 0. The van der Waals surface area contributed by atoms with Gasteiger partial charge in [0.1, 0.15) is 11.8 Å². The lowest BCUT2D eigenvalue weighted by molar-refractivity contribution is -0.145. The molecule has 0 saturated carbocycles. The first-order valence-electron chi connectivity index (χ1n) is 6.66. The largest absolute Gasteiger partial charge is 0.497 e. The topological polar surface area (TPSA) is 65.1 Å². The van der Waals surface area contributed by atoms with E-state index < -0.39 is 12.0 Å². The van der Waals surface area contributed by atoms with Crippen molar-refractivity contribution in [1.29, 1.82) is 0 Å². The molecule has 2 atom stereocenters. The van der Waals surface area contributed by atoms with Gasteiger partial charge in [-0.3, -0.25) is 4.79 Å². The second-order valence-corrected chi connectivity index (χ2v) is 4.82. The summed E-state index contributed by atoms with van der Waals surface area (Å²) in [6, 6.07) is 6.23. The van der Waals surface area contributed by atoms with Crippen LogP contribution in [0.15, 0.2) is 24.3 Å². The fourth-order valence-electron chi connectivity index (χ4n) is 2.47. The quantitative estimate of drug-likeness (QED) is 0.778. The number of rotatable bonds is 4. The van der Waals surface area contributed by atoms with Crippen LogP contribution in [0.1, 0.15) is 16.8 Å². The van der Waals surface area contributed by atoms with Crippen molar-refractivity contribution in [1.82, 2.24) is 4.90 Å². The van der Waals surface area contributed by atoms with Gasteiger partial charge in [-0.15, -0.1) is 0 Å². The Balaban J connectivity index is 2.24. The molecule has 1 heterocycles. The average molecular weight is 293 g/mol. The molecule has 0 aromatic heterocycles. The molecule has 2 rings (SSSR count). The van der Waals surface area contributed by atoms with Crippen molar-refractivity contribution in [2.24, 2.45) is 0 Å².